The first-order valence-corrected chi connectivity index (χ1v) is 15.8. The van der Waals surface area contributed by atoms with E-state index in [0.717, 1.165) is 25.8 Å². The Morgan fingerprint density at radius 3 is 2.80 bits per heavy atom. The van der Waals surface area contributed by atoms with Crippen LogP contribution in [0.25, 0.3) is 32.9 Å². The van der Waals surface area contributed by atoms with E-state index in [0.29, 0.717) is 66.6 Å². The van der Waals surface area contributed by atoms with E-state index in [4.69, 9.17) is 14.5 Å². The van der Waals surface area contributed by atoms with Crippen LogP contribution < -0.4 is 9.64 Å². The minimum absolute atomic E-state index is 0.00103. The number of benzene rings is 2. The molecule has 0 bridgehead atoms. The molecule has 0 radical (unpaired) electrons. The highest BCUT2D eigenvalue weighted by molar-refractivity contribution is 6.01. The van der Waals surface area contributed by atoms with Crippen molar-refractivity contribution in [1.29, 1.82) is 0 Å². The highest BCUT2D eigenvalue weighted by atomic mass is 19.1. The van der Waals surface area contributed by atoms with Gasteiger partial charge in [-0.3, -0.25) is 9.88 Å². The quantitative estimate of drug-likeness (QED) is 0.267. The SMILES string of the molecule is CCc1c(F)ccc2cc(O)cc(-c3ncc4c(N5CCCOC(C)(C)C5)nc(OC[C@@]56CCCN5C[C@H](F)C6)nc4c3F)c12. The molecule has 3 fully saturated rings. The Labute approximate surface area is 260 Å². The maximum Gasteiger partial charge on any atom is 0.319 e. The van der Waals surface area contributed by atoms with Crippen LogP contribution in [0.1, 0.15) is 52.0 Å². The zero-order valence-electron chi connectivity index (χ0n) is 25.9. The Balaban J connectivity index is 1.39. The van der Waals surface area contributed by atoms with Crippen LogP contribution in [0.4, 0.5) is 19.0 Å². The van der Waals surface area contributed by atoms with Gasteiger partial charge in [0.25, 0.3) is 0 Å². The van der Waals surface area contributed by atoms with E-state index in [-0.39, 0.29) is 35.1 Å². The molecule has 0 amide bonds. The number of aromatic hydroxyl groups is 1. The van der Waals surface area contributed by atoms with Gasteiger partial charge in [0, 0.05) is 44.4 Å². The third-order valence-corrected chi connectivity index (χ3v) is 9.57. The van der Waals surface area contributed by atoms with Gasteiger partial charge in [-0.15, -0.1) is 0 Å². The first-order chi connectivity index (χ1) is 21.6. The van der Waals surface area contributed by atoms with E-state index in [1.165, 1.54) is 24.4 Å². The van der Waals surface area contributed by atoms with E-state index in [9.17, 15) is 13.9 Å². The minimum Gasteiger partial charge on any atom is -0.508 e. The van der Waals surface area contributed by atoms with Crippen LogP contribution in [0, 0.1) is 11.6 Å². The van der Waals surface area contributed by atoms with E-state index in [1.54, 1.807) is 6.07 Å². The van der Waals surface area contributed by atoms with Gasteiger partial charge in [0.2, 0.25) is 0 Å². The van der Waals surface area contributed by atoms with Crippen molar-refractivity contribution in [1.82, 2.24) is 19.9 Å². The number of fused-ring (bicyclic) bond motifs is 3. The normalized spacial score (nSPS) is 23.5. The second kappa shape index (κ2) is 11.3. The molecular weight excluding hydrogens is 583 g/mol. The lowest BCUT2D eigenvalue weighted by Crippen LogP contribution is -2.43. The lowest BCUT2D eigenvalue weighted by molar-refractivity contribution is -0.00148. The number of anilines is 1. The molecule has 4 aromatic rings. The van der Waals surface area contributed by atoms with Crippen LogP contribution in [0.15, 0.2) is 30.5 Å². The van der Waals surface area contributed by atoms with Crippen LogP contribution in [0.2, 0.25) is 0 Å². The lowest BCUT2D eigenvalue weighted by Gasteiger charge is -2.32. The largest absolute Gasteiger partial charge is 0.508 e. The van der Waals surface area contributed by atoms with E-state index >= 15 is 4.39 Å². The highest BCUT2D eigenvalue weighted by Crippen LogP contribution is 2.42. The number of hydrogen-bond donors (Lipinski definition) is 1. The predicted octanol–water partition coefficient (Wildman–Crippen LogP) is 6.35. The van der Waals surface area contributed by atoms with Gasteiger partial charge >= 0.3 is 6.01 Å². The summed E-state index contributed by atoms with van der Waals surface area (Å²) in [4.78, 5) is 18.1. The first-order valence-electron chi connectivity index (χ1n) is 15.8. The molecule has 2 aromatic carbocycles. The molecular formula is C34H38F3N5O3. The highest BCUT2D eigenvalue weighted by Gasteiger charge is 2.49. The number of alkyl halides is 1. The van der Waals surface area contributed by atoms with Crippen molar-refractivity contribution in [3.8, 4) is 23.0 Å². The van der Waals surface area contributed by atoms with Crippen molar-refractivity contribution in [2.75, 3.05) is 44.3 Å². The number of rotatable bonds is 6. The molecule has 5 heterocycles. The van der Waals surface area contributed by atoms with Crippen molar-refractivity contribution in [3.63, 3.8) is 0 Å². The molecule has 3 aliphatic rings. The molecule has 11 heteroatoms. The number of pyridine rings is 1. The number of phenols is 1. The van der Waals surface area contributed by atoms with Crippen molar-refractivity contribution >= 4 is 27.5 Å². The number of ether oxygens (including phenoxy) is 2. The summed E-state index contributed by atoms with van der Waals surface area (Å²) in [5.41, 5.74) is -0.288. The standard InChI is InChI=1S/C34H38F3N5O3/c1-4-23-26(36)8-7-20-13-22(43)14-24(27(20)23)29-28(37)30-25(16-38-29)31(41-10-6-12-45-33(2,3)18-41)40-32(39-30)44-19-34-9-5-11-42(34)17-21(35)15-34/h7-8,13-14,16,21,43H,4-6,9-12,15,17-19H2,1-3H3/t21-,34+/m1/s1. The summed E-state index contributed by atoms with van der Waals surface area (Å²) in [7, 11) is 0. The monoisotopic (exact) mass is 621 g/mol. The van der Waals surface area contributed by atoms with Crippen molar-refractivity contribution in [2.45, 2.75) is 70.2 Å². The molecule has 0 spiro atoms. The fourth-order valence-electron chi connectivity index (χ4n) is 7.56. The van der Waals surface area contributed by atoms with Gasteiger partial charge in [-0.25, -0.2) is 13.2 Å². The van der Waals surface area contributed by atoms with Gasteiger partial charge in [0.05, 0.1) is 16.5 Å². The maximum absolute atomic E-state index is 16.8. The number of hydrogen-bond acceptors (Lipinski definition) is 8. The lowest BCUT2D eigenvalue weighted by atomic mass is 9.94. The Bertz CT molecular complexity index is 1790. The molecule has 3 aliphatic heterocycles. The molecule has 238 valence electrons. The summed E-state index contributed by atoms with van der Waals surface area (Å²) in [5.74, 6) is -0.750. The Kier molecular flexibility index (Phi) is 7.51. The van der Waals surface area contributed by atoms with Crippen LogP contribution in [-0.2, 0) is 11.2 Å². The van der Waals surface area contributed by atoms with Crippen molar-refractivity contribution in [2.24, 2.45) is 0 Å². The van der Waals surface area contributed by atoms with Crippen LogP contribution in [-0.4, -0.2) is 81.7 Å². The number of halogens is 3. The smallest absolute Gasteiger partial charge is 0.319 e. The fraction of sp³-hybridized carbons (Fsp3) is 0.500. The molecule has 1 N–H and O–H groups in total. The molecule has 0 saturated carbocycles. The predicted molar refractivity (Wildman–Crippen MR) is 167 cm³/mol. The van der Waals surface area contributed by atoms with Gasteiger partial charge in [-0.1, -0.05) is 13.0 Å². The number of phenolic OH excluding ortho intramolecular Hbond substituents is 1. The van der Waals surface area contributed by atoms with Gasteiger partial charge < -0.3 is 19.5 Å². The molecule has 8 nitrogen and oxygen atoms in total. The second-order valence-electron chi connectivity index (χ2n) is 13.2. The minimum atomic E-state index is -0.914. The van der Waals surface area contributed by atoms with Gasteiger partial charge in [-0.2, -0.15) is 9.97 Å². The fourth-order valence-corrected chi connectivity index (χ4v) is 7.56. The van der Waals surface area contributed by atoms with E-state index < -0.39 is 28.9 Å². The van der Waals surface area contributed by atoms with Crippen LogP contribution in [0.3, 0.4) is 0 Å². The summed E-state index contributed by atoms with van der Waals surface area (Å²) in [6, 6.07) is 5.86. The van der Waals surface area contributed by atoms with Crippen molar-refractivity contribution < 1.29 is 27.8 Å². The molecule has 2 atom stereocenters. The summed E-state index contributed by atoms with van der Waals surface area (Å²) in [6.07, 6.45) is 3.89. The molecule has 2 aromatic heterocycles. The Morgan fingerprint density at radius 1 is 1.13 bits per heavy atom. The molecule has 3 saturated heterocycles. The van der Waals surface area contributed by atoms with Gasteiger partial charge in [-0.05, 0) is 80.6 Å². The Hall–Kier alpha value is -3.70. The van der Waals surface area contributed by atoms with Crippen molar-refractivity contribution in [3.05, 3.63) is 47.7 Å². The topological polar surface area (TPSA) is 83.8 Å². The zero-order chi connectivity index (χ0) is 31.5. The average molecular weight is 622 g/mol. The van der Waals surface area contributed by atoms with Gasteiger partial charge in [0.15, 0.2) is 5.82 Å². The molecule has 0 aliphatic carbocycles. The number of nitrogens with zero attached hydrogens (tertiary/aromatic N) is 5. The molecule has 0 unspecified atom stereocenters. The molecule has 7 rings (SSSR count). The maximum atomic E-state index is 16.8. The summed E-state index contributed by atoms with van der Waals surface area (Å²) in [6.45, 7) is 8.93. The van der Waals surface area contributed by atoms with E-state index in [2.05, 4.69) is 14.9 Å². The number of aromatic nitrogens is 3. The second-order valence-corrected chi connectivity index (χ2v) is 13.2. The molecule has 45 heavy (non-hydrogen) atoms. The third kappa shape index (κ3) is 5.33. The van der Waals surface area contributed by atoms with Gasteiger partial charge in [0.1, 0.15) is 41.4 Å². The van der Waals surface area contributed by atoms with Crippen LogP contribution >= 0.6 is 0 Å². The first kappa shape index (κ1) is 30.0. The summed E-state index contributed by atoms with van der Waals surface area (Å²) < 4.78 is 58.5. The third-order valence-electron chi connectivity index (χ3n) is 9.57. The average Bonchev–Trinajstić information content (AvgIpc) is 3.46. The number of aryl methyl sites for hydroxylation is 1. The zero-order valence-corrected chi connectivity index (χ0v) is 25.9. The summed E-state index contributed by atoms with van der Waals surface area (Å²) in [5, 5.41) is 12.0. The van der Waals surface area contributed by atoms with E-state index in [1.807, 2.05) is 25.7 Å². The Morgan fingerprint density at radius 2 is 1.98 bits per heavy atom. The summed E-state index contributed by atoms with van der Waals surface area (Å²) >= 11 is 0. The van der Waals surface area contributed by atoms with Crippen LogP contribution in [0.5, 0.6) is 11.8 Å².